The van der Waals surface area contributed by atoms with Gasteiger partial charge < -0.3 is 20.7 Å². The Hall–Kier alpha value is -1.51. The molecule has 1 aliphatic carbocycles. The summed E-state index contributed by atoms with van der Waals surface area (Å²) in [5, 5.41) is 9.74. The Balaban J connectivity index is 0.00000450. The van der Waals surface area contributed by atoms with Crippen LogP contribution in [-0.4, -0.2) is 43.6 Å². The maximum Gasteiger partial charge on any atom is 0.258 e. The summed E-state index contributed by atoms with van der Waals surface area (Å²) in [5.74, 6) is 2.28. The zero-order valence-corrected chi connectivity index (χ0v) is 21.2. The molecule has 1 aliphatic rings. The average Bonchev–Trinajstić information content (AvgIpc) is 3.50. The van der Waals surface area contributed by atoms with Crippen molar-refractivity contribution in [3.8, 4) is 5.75 Å². The smallest absolute Gasteiger partial charge is 0.258 e. The van der Waals surface area contributed by atoms with Crippen molar-refractivity contribution in [1.82, 2.24) is 16.0 Å². The van der Waals surface area contributed by atoms with Crippen molar-refractivity contribution in [3.05, 3.63) is 29.8 Å². The molecule has 0 saturated heterocycles. The molecule has 0 aromatic heterocycles. The molecule has 1 atom stereocenters. The Morgan fingerprint density at radius 2 is 1.87 bits per heavy atom. The van der Waals surface area contributed by atoms with Crippen LogP contribution < -0.4 is 20.7 Å². The Morgan fingerprint density at radius 3 is 2.47 bits per heavy atom. The highest BCUT2D eigenvalue weighted by Crippen LogP contribution is 2.18. The topological polar surface area (TPSA) is 74.8 Å². The number of nitrogens with zero attached hydrogens (tertiary/aromatic N) is 1. The molecule has 30 heavy (non-hydrogen) atoms. The second-order valence-corrected chi connectivity index (χ2v) is 8.30. The molecule has 1 saturated carbocycles. The highest BCUT2D eigenvalue weighted by atomic mass is 127. The summed E-state index contributed by atoms with van der Waals surface area (Å²) >= 11 is 0. The van der Waals surface area contributed by atoms with Gasteiger partial charge >= 0.3 is 0 Å². The van der Waals surface area contributed by atoms with Crippen LogP contribution in [0.15, 0.2) is 29.3 Å². The van der Waals surface area contributed by atoms with Crippen LogP contribution in [0, 0.1) is 5.92 Å². The van der Waals surface area contributed by atoms with Gasteiger partial charge in [-0.3, -0.25) is 9.79 Å². The van der Waals surface area contributed by atoms with E-state index < -0.39 is 0 Å². The molecule has 3 N–H and O–H groups in total. The minimum absolute atomic E-state index is 0. The van der Waals surface area contributed by atoms with E-state index in [-0.39, 0.29) is 36.5 Å². The number of hydrogen-bond donors (Lipinski definition) is 3. The first kappa shape index (κ1) is 26.5. The van der Waals surface area contributed by atoms with Crippen molar-refractivity contribution < 1.29 is 9.53 Å². The zero-order valence-electron chi connectivity index (χ0n) is 18.9. The van der Waals surface area contributed by atoms with E-state index in [1.165, 1.54) is 12.0 Å². The number of ether oxygens (including phenoxy) is 1. The summed E-state index contributed by atoms with van der Waals surface area (Å²) in [4.78, 5) is 16.4. The van der Waals surface area contributed by atoms with Crippen molar-refractivity contribution in [3.63, 3.8) is 0 Å². The highest BCUT2D eigenvalue weighted by molar-refractivity contribution is 14.0. The third-order valence-corrected chi connectivity index (χ3v) is 4.81. The van der Waals surface area contributed by atoms with E-state index in [2.05, 4.69) is 43.6 Å². The second kappa shape index (κ2) is 14.5. The number of carbonyl (C=O) groups is 1. The Labute approximate surface area is 199 Å². The lowest BCUT2D eigenvalue weighted by Crippen LogP contribution is -2.42. The predicted molar refractivity (Wildman–Crippen MR) is 135 cm³/mol. The number of benzene rings is 1. The number of halogens is 1. The van der Waals surface area contributed by atoms with Gasteiger partial charge in [-0.2, -0.15) is 0 Å². The summed E-state index contributed by atoms with van der Waals surface area (Å²) in [7, 11) is 0. The van der Waals surface area contributed by atoms with Crippen molar-refractivity contribution in [2.75, 3.05) is 19.7 Å². The number of rotatable bonds is 12. The summed E-state index contributed by atoms with van der Waals surface area (Å²) in [6, 6.07) is 8.68. The first-order valence-electron chi connectivity index (χ1n) is 11.0. The fourth-order valence-electron chi connectivity index (χ4n) is 2.90. The monoisotopic (exact) mass is 530 g/mol. The number of aliphatic imine (C=N–C) groups is 1. The lowest BCUT2D eigenvalue weighted by atomic mass is 10.0. The molecule has 7 heteroatoms. The van der Waals surface area contributed by atoms with Gasteiger partial charge in [-0.25, -0.2) is 0 Å². The second-order valence-electron chi connectivity index (χ2n) is 8.30. The SMILES string of the molecule is CCNC(=NCCc1ccc(OCC(=O)NC2CC2)cc1)NC(C)CCC(C)C.I. The lowest BCUT2D eigenvalue weighted by molar-refractivity contribution is -0.123. The Morgan fingerprint density at radius 1 is 1.17 bits per heavy atom. The van der Waals surface area contributed by atoms with Crippen LogP contribution >= 0.6 is 24.0 Å². The van der Waals surface area contributed by atoms with Crippen molar-refractivity contribution in [2.24, 2.45) is 10.9 Å². The normalized spacial score (nSPS) is 14.6. The highest BCUT2D eigenvalue weighted by Gasteiger charge is 2.23. The first-order chi connectivity index (χ1) is 14.0. The molecule has 2 rings (SSSR count). The van der Waals surface area contributed by atoms with E-state index in [1.54, 1.807) is 0 Å². The maximum absolute atomic E-state index is 11.7. The lowest BCUT2D eigenvalue weighted by Gasteiger charge is -2.18. The van der Waals surface area contributed by atoms with Gasteiger partial charge in [0.2, 0.25) is 0 Å². The van der Waals surface area contributed by atoms with Crippen LogP contribution in [0.4, 0.5) is 0 Å². The van der Waals surface area contributed by atoms with E-state index in [0.717, 1.165) is 56.4 Å². The van der Waals surface area contributed by atoms with Crippen LogP contribution in [0.3, 0.4) is 0 Å². The molecule has 0 spiro atoms. The molecule has 0 heterocycles. The quantitative estimate of drug-likeness (QED) is 0.218. The van der Waals surface area contributed by atoms with Crippen LogP contribution in [0.5, 0.6) is 5.75 Å². The van der Waals surface area contributed by atoms with E-state index in [9.17, 15) is 4.79 Å². The minimum atomic E-state index is -0.0445. The van der Waals surface area contributed by atoms with Crippen molar-refractivity contribution in [1.29, 1.82) is 0 Å². The molecule has 170 valence electrons. The van der Waals surface area contributed by atoms with Gasteiger partial charge in [0.25, 0.3) is 5.91 Å². The predicted octanol–water partition coefficient (Wildman–Crippen LogP) is 3.88. The molecule has 0 aliphatic heterocycles. The molecule has 1 amide bonds. The summed E-state index contributed by atoms with van der Waals surface area (Å²) in [6.45, 7) is 10.4. The van der Waals surface area contributed by atoms with Crippen LogP contribution in [0.1, 0.15) is 58.9 Å². The Bertz CT molecular complexity index is 645. The van der Waals surface area contributed by atoms with Crippen LogP contribution in [-0.2, 0) is 11.2 Å². The van der Waals surface area contributed by atoms with Gasteiger partial charge in [0, 0.05) is 25.2 Å². The summed E-state index contributed by atoms with van der Waals surface area (Å²) in [5.41, 5.74) is 1.20. The van der Waals surface area contributed by atoms with Crippen LogP contribution in [0.2, 0.25) is 0 Å². The van der Waals surface area contributed by atoms with E-state index >= 15 is 0 Å². The molecular weight excluding hydrogens is 491 g/mol. The van der Waals surface area contributed by atoms with E-state index in [4.69, 9.17) is 9.73 Å². The summed E-state index contributed by atoms with van der Waals surface area (Å²) < 4.78 is 5.55. The molecule has 1 unspecified atom stereocenters. The van der Waals surface area contributed by atoms with Crippen molar-refractivity contribution >= 4 is 35.8 Å². The third kappa shape index (κ3) is 11.6. The first-order valence-corrected chi connectivity index (χ1v) is 11.0. The standard InChI is InChI=1S/C23H38N4O2.HI/c1-5-24-23(26-18(4)7-6-17(2)3)25-15-14-19-8-12-21(13-9-19)29-16-22(28)27-20-10-11-20;/h8-9,12-13,17-18,20H,5-7,10-11,14-16H2,1-4H3,(H,27,28)(H2,24,25,26);1H. The zero-order chi connectivity index (χ0) is 21.1. The van der Waals surface area contributed by atoms with Gasteiger partial charge in [-0.15, -0.1) is 24.0 Å². The third-order valence-electron chi connectivity index (χ3n) is 4.81. The van der Waals surface area contributed by atoms with Gasteiger partial charge in [0.05, 0.1) is 0 Å². The molecule has 1 aromatic carbocycles. The van der Waals surface area contributed by atoms with E-state index in [0.29, 0.717) is 12.1 Å². The van der Waals surface area contributed by atoms with Crippen LogP contribution in [0.25, 0.3) is 0 Å². The number of nitrogens with one attached hydrogen (secondary N) is 3. The number of carbonyl (C=O) groups excluding carboxylic acids is 1. The number of hydrogen-bond acceptors (Lipinski definition) is 3. The number of amides is 1. The molecule has 1 aromatic rings. The molecule has 1 fully saturated rings. The molecule has 0 bridgehead atoms. The molecular formula is C23H39IN4O2. The maximum atomic E-state index is 11.7. The van der Waals surface area contributed by atoms with E-state index in [1.807, 2.05) is 24.3 Å². The van der Waals surface area contributed by atoms with Gasteiger partial charge in [-0.1, -0.05) is 26.0 Å². The molecule has 6 nitrogen and oxygen atoms in total. The largest absolute Gasteiger partial charge is 0.484 e. The fourth-order valence-corrected chi connectivity index (χ4v) is 2.90. The van der Waals surface area contributed by atoms with Gasteiger partial charge in [-0.05, 0) is 69.6 Å². The number of guanidine groups is 1. The van der Waals surface area contributed by atoms with Gasteiger partial charge in [0.1, 0.15) is 5.75 Å². The average molecular weight is 530 g/mol. The minimum Gasteiger partial charge on any atom is -0.484 e. The Kier molecular flexibility index (Phi) is 12.8. The van der Waals surface area contributed by atoms with Crippen molar-refractivity contribution in [2.45, 2.75) is 71.9 Å². The fraction of sp³-hybridized carbons (Fsp3) is 0.652. The van der Waals surface area contributed by atoms with Gasteiger partial charge in [0.15, 0.2) is 12.6 Å². The summed E-state index contributed by atoms with van der Waals surface area (Å²) in [6.07, 6.45) is 5.39. The molecule has 0 radical (unpaired) electrons.